The Kier molecular flexibility index (Phi) is 4.43. The van der Waals surface area contributed by atoms with Crippen molar-refractivity contribution >= 4 is 0 Å². The summed E-state index contributed by atoms with van der Waals surface area (Å²) in [6.07, 6.45) is 0.542. The Labute approximate surface area is 93.2 Å². The van der Waals surface area contributed by atoms with Gasteiger partial charge in [-0.05, 0) is 24.6 Å². The van der Waals surface area contributed by atoms with E-state index in [-0.39, 0.29) is 12.2 Å². The van der Waals surface area contributed by atoms with Gasteiger partial charge in [-0.15, -0.1) is 6.58 Å². The minimum absolute atomic E-state index is 0.182. The zero-order chi connectivity index (χ0) is 12.1. The first-order valence-electron chi connectivity index (χ1n) is 4.90. The molecule has 0 unspecified atom stereocenters. The van der Waals surface area contributed by atoms with E-state index in [0.29, 0.717) is 6.42 Å². The van der Waals surface area contributed by atoms with Gasteiger partial charge in [0, 0.05) is 6.42 Å². The predicted octanol–water partition coefficient (Wildman–Crippen LogP) is 2.80. The fraction of sp³-hybridized carbons (Fsp3) is 0.333. The van der Waals surface area contributed by atoms with Gasteiger partial charge < -0.3 is 9.84 Å². The van der Waals surface area contributed by atoms with E-state index in [0.717, 1.165) is 17.7 Å². The van der Waals surface area contributed by atoms with E-state index < -0.39 is 24.0 Å². The lowest BCUT2D eigenvalue weighted by Crippen LogP contribution is -2.03. The molecule has 0 aromatic heterocycles. The fourth-order valence-electron chi connectivity index (χ4n) is 1.17. The smallest absolute Gasteiger partial charge is 0.190 e. The van der Waals surface area contributed by atoms with Crippen molar-refractivity contribution in [3.05, 3.63) is 41.5 Å². The van der Waals surface area contributed by atoms with Gasteiger partial charge in [0.15, 0.2) is 17.4 Å². The minimum Gasteiger partial charge on any atom is -0.487 e. The van der Waals surface area contributed by atoms with Crippen LogP contribution in [-0.2, 0) is 6.61 Å². The Bertz CT molecular complexity index is 366. The first-order chi connectivity index (χ1) is 7.54. The molecule has 0 spiro atoms. The molecular formula is C12H14F2O2. The number of hydrogen-bond donors (Lipinski definition) is 1. The first-order valence-corrected chi connectivity index (χ1v) is 4.90. The van der Waals surface area contributed by atoms with Gasteiger partial charge in [0.1, 0.15) is 0 Å². The molecular weight excluding hydrogens is 214 g/mol. The van der Waals surface area contributed by atoms with Crippen LogP contribution in [0.1, 0.15) is 18.9 Å². The van der Waals surface area contributed by atoms with Crippen LogP contribution in [0, 0.1) is 11.6 Å². The topological polar surface area (TPSA) is 29.5 Å². The number of benzene rings is 1. The summed E-state index contributed by atoms with van der Waals surface area (Å²) in [6.45, 7) is 5.25. The number of rotatable bonds is 5. The molecule has 0 amide bonds. The maximum Gasteiger partial charge on any atom is 0.190 e. The van der Waals surface area contributed by atoms with Gasteiger partial charge in [0.2, 0.25) is 0 Å². The predicted molar refractivity (Wildman–Crippen MR) is 57.2 cm³/mol. The number of aliphatic hydroxyl groups excluding tert-OH is 1. The summed E-state index contributed by atoms with van der Waals surface area (Å²) in [5, 5.41) is 8.74. The number of aliphatic hydroxyl groups is 1. The third-order valence-corrected chi connectivity index (χ3v) is 2.02. The summed E-state index contributed by atoms with van der Waals surface area (Å²) in [4.78, 5) is 0. The molecule has 88 valence electrons. The SMILES string of the molecule is C=C(C)CCOc1c(F)cc(CO)cc1F. The lowest BCUT2D eigenvalue weighted by Gasteiger charge is -2.09. The molecule has 1 N–H and O–H groups in total. The van der Waals surface area contributed by atoms with Crippen molar-refractivity contribution in [2.45, 2.75) is 20.0 Å². The van der Waals surface area contributed by atoms with Crippen LogP contribution >= 0.6 is 0 Å². The van der Waals surface area contributed by atoms with Gasteiger partial charge in [-0.1, -0.05) is 5.57 Å². The molecule has 4 heteroatoms. The van der Waals surface area contributed by atoms with Crippen molar-refractivity contribution in [3.63, 3.8) is 0 Å². The van der Waals surface area contributed by atoms with Crippen LogP contribution in [0.3, 0.4) is 0 Å². The zero-order valence-corrected chi connectivity index (χ0v) is 9.09. The Morgan fingerprint density at radius 2 is 1.94 bits per heavy atom. The summed E-state index contributed by atoms with van der Waals surface area (Å²) >= 11 is 0. The standard InChI is InChI=1S/C12H14F2O2/c1-8(2)3-4-16-12-10(13)5-9(7-15)6-11(12)14/h5-6,15H,1,3-4,7H2,2H3. The molecule has 1 aromatic rings. The van der Waals surface area contributed by atoms with E-state index in [4.69, 9.17) is 9.84 Å². The quantitative estimate of drug-likeness (QED) is 0.785. The largest absolute Gasteiger partial charge is 0.487 e. The van der Waals surface area contributed by atoms with E-state index in [2.05, 4.69) is 6.58 Å². The highest BCUT2D eigenvalue weighted by Gasteiger charge is 2.12. The lowest BCUT2D eigenvalue weighted by atomic mass is 10.2. The second-order valence-electron chi connectivity index (χ2n) is 3.60. The summed E-state index contributed by atoms with van der Waals surface area (Å²) < 4.78 is 31.6. The summed E-state index contributed by atoms with van der Waals surface area (Å²) in [5.74, 6) is -2.00. The lowest BCUT2D eigenvalue weighted by molar-refractivity contribution is 0.273. The third kappa shape index (κ3) is 3.31. The molecule has 0 heterocycles. The van der Waals surface area contributed by atoms with E-state index in [1.807, 2.05) is 6.92 Å². The van der Waals surface area contributed by atoms with E-state index in [9.17, 15) is 8.78 Å². The van der Waals surface area contributed by atoms with Crippen molar-refractivity contribution in [1.82, 2.24) is 0 Å². The number of ether oxygens (including phenoxy) is 1. The molecule has 16 heavy (non-hydrogen) atoms. The molecule has 0 radical (unpaired) electrons. The molecule has 2 nitrogen and oxygen atoms in total. The molecule has 0 bridgehead atoms. The van der Waals surface area contributed by atoms with Crippen molar-refractivity contribution in [2.24, 2.45) is 0 Å². The van der Waals surface area contributed by atoms with Gasteiger partial charge in [-0.2, -0.15) is 0 Å². The van der Waals surface area contributed by atoms with Gasteiger partial charge >= 0.3 is 0 Å². The van der Waals surface area contributed by atoms with Crippen molar-refractivity contribution in [2.75, 3.05) is 6.61 Å². The average molecular weight is 228 g/mol. The second kappa shape index (κ2) is 5.61. The van der Waals surface area contributed by atoms with Crippen molar-refractivity contribution in [1.29, 1.82) is 0 Å². The molecule has 0 aliphatic heterocycles. The van der Waals surface area contributed by atoms with Crippen LogP contribution in [0.15, 0.2) is 24.3 Å². The van der Waals surface area contributed by atoms with Gasteiger partial charge in [0.05, 0.1) is 13.2 Å². The van der Waals surface area contributed by atoms with Crippen LogP contribution in [-0.4, -0.2) is 11.7 Å². The molecule has 1 rings (SSSR count). The third-order valence-electron chi connectivity index (χ3n) is 2.02. The van der Waals surface area contributed by atoms with Crippen LogP contribution < -0.4 is 4.74 Å². The molecule has 0 fully saturated rings. The van der Waals surface area contributed by atoms with E-state index >= 15 is 0 Å². The zero-order valence-electron chi connectivity index (χ0n) is 9.09. The van der Waals surface area contributed by atoms with Crippen molar-refractivity contribution in [3.8, 4) is 5.75 Å². The van der Waals surface area contributed by atoms with Crippen LogP contribution in [0.2, 0.25) is 0 Å². The normalized spacial score (nSPS) is 10.2. The molecule has 0 atom stereocenters. The Morgan fingerprint density at radius 3 is 2.38 bits per heavy atom. The molecule has 0 saturated carbocycles. The van der Waals surface area contributed by atoms with E-state index in [1.54, 1.807) is 0 Å². The maximum absolute atomic E-state index is 13.3. The molecule has 0 saturated heterocycles. The van der Waals surface area contributed by atoms with Gasteiger partial charge in [-0.25, -0.2) is 8.78 Å². The second-order valence-corrected chi connectivity index (χ2v) is 3.60. The molecule has 0 aliphatic rings. The van der Waals surface area contributed by atoms with Crippen LogP contribution in [0.25, 0.3) is 0 Å². The number of hydrogen-bond acceptors (Lipinski definition) is 2. The maximum atomic E-state index is 13.3. The monoisotopic (exact) mass is 228 g/mol. The number of halogens is 2. The highest BCUT2D eigenvalue weighted by atomic mass is 19.1. The summed E-state index contributed by atoms with van der Waals surface area (Å²) in [7, 11) is 0. The summed E-state index contributed by atoms with van der Waals surface area (Å²) in [6, 6.07) is 2.11. The molecule has 1 aromatic carbocycles. The fourth-order valence-corrected chi connectivity index (χ4v) is 1.17. The molecule has 0 aliphatic carbocycles. The summed E-state index contributed by atoms with van der Waals surface area (Å²) in [5.41, 5.74) is 1.06. The minimum atomic E-state index is -0.800. The van der Waals surface area contributed by atoms with Crippen molar-refractivity contribution < 1.29 is 18.6 Å². The Hall–Kier alpha value is -1.42. The highest BCUT2D eigenvalue weighted by Crippen LogP contribution is 2.23. The first kappa shape index (κ1) is 12.6. The van der Waals surface area contributed by atoms with Gasteiger partial charge in [0.25, 0.3) is 0 Å². The Balaban J connectivity index is 2.76. The van der Waals surface area contributed by atoms with E-state index in [1.165, 1.54) is 0 Å². The Morgan fingerprint density at radius 1 is 1.38 bits per heavy atom. The average Bonchev–Trinajstić information content (AvgIpc) is 2.21. The van der Waals surface area contributed by atoms with Crippen LogP contribution in [0.4, 0.5) is 8.78 Å². The van der Waals surface area contributed by atoms with Gasteiger partial charge in [-0.3, -0.25) is 0 Å². The van der Waals surface area contributed by atoms with Crippen LogP contribution in [0.5, 0.6) is 5.75 Å². The highest BCUT2D eigenvalue weighted by molar-refractivity contribution is 5.31.